The molecule has 0 saturated heterocycles. The predicted octanol–water partition coefficient (Wildman–Crippen LogP) is 7.33. The molecule has 2 nitrogen and oxygen atoms in total. The first-order valence-electron chi connectivity index (χ1n) is 12.4. The molecule has 0 N–H and O–H groups in total. The maximum Gasteiger partial charge on any atom is 0.237 e. The molecule has 2 heteroatoms. The third-order valence-electron chi connectivity index (χ3n) is 7.51. The van der Waals surface area contributed by atoms with E-state index in [0.717, 1.165) is 12.8 Å². The second-order valence-corrected chi connectivity index (χ2v) is 9.47. The van der Waals surface area contributed by atoms with Gasteiger partial charge in [0.05, 0.1) is 11.1 Å². The lowest BCUT2D eigenvalue weighted by Crippen LogP contribution is -2.31. The van der Waals surface area contributed by atoms with Gasteiger partial charge >= 0.3 is 0 Å². The number of nitrogens with zero attached hydrogens (tertiary/aromatic N) is 2. The van der Waals surface area contributed by atoms with E-state index in [1.165, 1.54) is 74.2 Å². The third-order valence-corrected chi connectivity index (χ3v) is 7.51. The van der Waals surface area contributed by atoms with Gasteiger partial charge in [0, 0.05) is 30.6 Å². The van der Waals surface area contributed by atoms with E-state index in [1.807, 2.05) is 0 Å². The lowest BCUT2D eigenvalue weighted by atomic mass is 9.83. The van der Waals surface area contributed by atoms with E-state index in [9.17, 15) is 0 Å². The smallest absolute Gasteiger partial charge is 0.237 e. The van der Waals surface area contributed by atoms with Crippen LogP contribution in [0.25, 0.3) is 43.8 Å². The van der Waals surface area contributed by atoms with E-state index in [4.69, 9.17) is 1.37 Å². The van der Waals surface area contributed by atoms with Crippen molar-refractivity contribution in [2.24, 2.45) is 14.1 Å². The lowest BCUT2D eigenvalue weighted by Gasteiger charge is -2.22. The third kappa shape index (κ3) is 2.89. The van der Waals surface area contributed by atoms with Crippen molar-refractivity contribution in [3.8, 4) is 11.3 Å². The van der Waals surface area contributed by atoms with Gasteiger partial charge in [0.25, 0.3) is 0 Å². The molecule has 2 heterocycles. The van der Waals surface area contributed by atoms with E-state index < -0.39 is 5.89 Å². The number of aryl methyl sites for hydroxylation is 3. The molecule has 3 aromatic carbocycles. The van der Waals surface area contributed by atoms with E-state index in [-0.39, 0.29) is 0 Å². The summed E-state index contributed by atoms with van der Waals surface area (Å²) in [6.45, 7) is 2.19. The number of aromatic nitrogens is 2. The van der Waals surface area contributed by atoms with Gasteiger partial charge in [-0.3, -0.25) is 0 Å². The SMILES string of the molecule is [2H]C1(c2ccc3c(ccc4c5cc[n+](C)c(-c6ccccc6C)c5n(C)c34)c2)CCCCC1. The first-order valence-corrected chi connectivity index (χ1v) is 11.9. The second-order valence-electron chi connectivity index (χ2n) is 9.47. The molecule has 1 aliphatic rings. The van der Waals surface area contributed by atoms with E-state index >= 15 is 0 Å². The van der Waals surface area contributed by atoms with Crippen molar-refractivity contribution in [3.63, 3.8) is 0 Å². The Bertz CT molecular complexity index is 1540. The molecule has 0 radical (unpaired) electrons. The first-order chi connectivity index (χ1) is 16.0. The normalized spacial score (nSPS) is 16.7. The summed E-state index contributed by atoms with van der Waals surface area (Å²) >= 11 is 0. The summed E-state index contributed by atoms with van der Waals surface area (Å²) in [5.74, 6) is -0.425. The molecule has 160 valence electrons. The van der Waals surface area contributed by atoms with Crippen molar-refractivity contribution in [2.45, 2.75) is 44.9 Å². The van der Waals surface area contributed by atoms with E-state index in [1.54, 1.807) is 0 Å². The van der Waals surface area contributed by atoms with Gasteiger partial charge in [-0.25, -0.2) is 0 Å². The van der Waals surface area contributed by atoms with Crippen LogP contribution >= 0.6 is 0 Å². The molecule has 1 saturated carbocycles. The molecule has 6 rings (SSSR count). The molecule has 0 aliphatic heterocycles. The Morgan fingerprint density at radius 1 is 0.875 bits per heavy atom. The van der Waals surface area contributed by atoms with Crippen LogP contribution in [0.1, 0.15) is 50.5 Å². The highest BCUT2D eigenvalue weighted by molar-refractivity contribution is 6.19. The van der Waals surface area contributed by atoms with Crippen molar-refractivity contribution in [1.29, 1.82) is 0 Å². The van der Waals surface area contributed by atoms with Crippen LogP contribution in [-0.4, -0.2) is 4.57 Å². The van der Waals surface area contributed by atoms with Crippen LogP contribution in [0.4, 0.5) is 0 Å². The lowest BCUT2D eigenvalue weighted by molar-refractivity contribution is -0.659. The standard InChI is InChI=1S/C30H31N2/c1-20-9-7-8-12-24(20)29-30-27(17-18-31(29)2)26-16-14-23-19-22(21-10-5-4-6-11-21)13-15-25(23)28(26)32(30)3/h7-9,12-19,21H,4-6,10-11H2,1-3H3/q+1/i21D. The maximum atomic E-state index is 9.09. The van der Waals surface area contributed by atoms with Crippen LogP contribution in [0.15, 0.2) is 66.9 Å². The van der Waals surface area contributed by atoms with Crippen molar-refractivity contribution < 1.29 is 5.94 Å². The number of hydrogen-bond acceptors (Lipinski definition) is 0. The van der Waals surface area contributed by atoms with Gasteiger partial charge in [-0.15, -0.1) is 0 Å². The average molecular weight is 421 g/mol. The highest BCUT2D eigenvalue weighted by Gasteiger charge is 2.23. The largest absolute Gasteiger partial charge is 0.338 e. The predicted molar refractivity (Wildman–Crippen MR) is 135 cm³/mol. The number of hydrogen-bond donors (Lipinski definition) is 0. The zero-order chi connectivity index (χ0) is 22.7. The van der Waals surface area contributed by atoms with Gasteiger partial charge < -0.3 is 4.57 Å². The maximum absolute atomic E-state index is 9.09. The molecular weight excluding hydrogens is 388 g/mol. The van der Waals surface area contributed by atoms with Crippen LogP contribution < -0.4 is 4.57 Å². The zero-order valence-electron chi connectivity index (χ0n) is 20.3. The molecule has 0 amide bonds. The summed E-state index contributed by atoms with van der Waals surface area (Å²) in [5, 5.41) is 5.10. The number of fused-ring (bicyclic) bond motifs is 5. The summed E-state index contributed by atoms with van der Waals surface area (Å²) in [5.41, 5.74) is 7.54. The molecule has 1 aliphatic carbocycles. The zero-order valence-corrected chi connectivity index (χ0v) is 19.3. The van der Waals surface area contributed by atoms with Gasteiger partial charge in [-0.1, -0.05) is 67.8 Å². The van der Waals surface area contributed by atoms with E-state index in [0.29, 0.717) is 0 Å². The summed E-state index contributed by atoms with van der Waals surface area (Å²) < 4.78 is 13.7. The highest BCUT2D eigenvalue weighted by Crippen LogP contribution is 2.39. The van der Waals surface area contributed by atoms with Crippen LogP contribution in [0, 0.1) is 6.92 Å². The molecular formula is C30H31N2+. The topological polar surface area (TPSA) is 8.81 Å². The van der Waals surface area contributed by atoms with Gasteiger partial charge in [0.2, 0.25) is 5.69 Å². The highest BCUT2D eigenvalue weighted by atomic mass is 15.0. The first kappa shape index (κ1) is 18.4. The molecule has 0 unspecified atom stereocenters. The Balaban J connectivity index is 1.64. The Kier molecular flexibility index (Phi) is 4.31. The van der Waals surface area contributed by atoms with Crippen molar-refractivity contribution >= 4 is 32.6 Å². The second kappa shape index (κ2) is 7.48. The van der Waals surface area contributed by atoms with Crippen LogP contribution in [0.5, 0.6) is 0 Å². The van der Waals surface area contributed by atoms with Crippen LogP contribution in [0.3, 0.4) is 0 Å². The fraction of sp³-hybridized carbons (Fsp3) is 0.300. The quantitative estimate of drug-likeness (QED) is 0.264. The Morgan fingerprint density at radius 2 is 1.62 bits per heavy atom. The molecule has 0 atom stereocenters. The fourth-order valence-electron chi connectivity index (χ4n) is 5.84. The minimum Gasteiger partial charge on any atom is -0.338 e. The van der Waals surface area contributed by atoms with Crippen molar-refractivity contribution in [3.05, 3.63) is 78.0 Å². The molecule has 5 aromatic rings. The van der Waals surface area contributed by atoms with Crippen LogP contribution in [-0.2, 0) is 14.1 Å². The van der Waals surface area contributed by atoms with Crippen molar-refractivity contribution in [1.82, 2.24) is 4.57 Å². The van der Waals surface area contributed by atoms with Crippen molar-refractivity contribution in [2.75, 3.05) is 0 Å². The molecule has 1 fully saturated rings. The molecule has 2 aromatic heterocycles. The summed E-state index contributed by atoms with van der Waals surface area (Å²) in [7, 11) is 4.34. The minimum absolute atomic E-state index is 0.425. The van der Waals surface area contributed by atoms with Gasteiger partial charge in [-0.05, 0) is 48.2 Å². The average Bonchev–Trinajstić information content (AvgIpc) is 3.12. The summed E-state index contributed by atoms with van der Waals surface area (Å²) in [6.07, 6.45) is 7.75. The minimum atomic E-state index is -0.425. The molecule has 0 bridgehead atoms. The number of benzene rings is 3. The van der Waals surface area contributed by atoms with Gasteiger partial charge in [0.1, 0.15) is 12.6 Å². The van der Waals surface area contributed by atoms with Gasteiger partial charge in [0.15, 0.2) is 6.20 Å². The van der Waals surface area contributed by atoms with E-state index in [2.05, 4.69) is 97.0 Å². The van der Waals surface area contributed by atoms with Gasteiger partial charge in [-0.2, -0.15) is 4.57 Å². The Labute approximate surface area is 191 Å². The Hall–Kier alpha value is -3.13. The fourth-order valence-corrected chi connectivity index (χ4v) is 5.84. The van der Waals surface area contributed by atoms with Crippen LogP contribution in [0.2, 0.25) is 0 Å². The number of rotatable bonds is 2. The molecule has 0 spiro atoms. The molecule has 32 heavy (non-hydrogen) atoms. The summed E-state index contributed by atoms with van der Waals surface area (Å²) in [4.78, 5) is 0. The summed E-state index contributed by atoms with van der Waals surface area (Å²) in [6, 6.07) is 22.2. The Morgan fingerprint density at radius 3 is 2.44 bits per heavy atom. The number of pyridine rings is 1. The monoisotopic (exact) mass is 420 g/mol.